The minimum atomic E-state index is 0. The van der Waals surface area contributed by atoms with Crippen molar-refractivity contribution in [2.45, 2.75) is 70.8 Å². The van der Waals surface area contributed by atoms with Crippen molar-refractivity contribution in [3.8, 4) is 0 Å². The van der Waals surface area contributed by atoms with E-state index < -0.39 is 0 Å². The number of aliphatic imine (C=N–C) groups is 1. The largest absolute Gasteiger partial charge is 0.382 e. The molecule has 2 N–H and O–H groups in total. The van der Waals surface area contributed by atoms with Crippen LogP contribution in [0.15, 0.2) is 4.99 Å². The monoisotopic (exact) mass is 506 g/mol. The number of halogens is 1. The molecule has 0 aromatic rings. The highest BCUT2D eigenvalue weighted by Gasteiger charge is 2.42. The molecule has 3 fully saturated rings. The lowest BCUT2D eigenvalue weighted by Crippen LogP contribution is -2.47. The predicted octanol–water partition coefficient (Wildman–Crippen LogP) is 3.16. The number of amides is 1. The zero-order valence-electron chi connectivity index (χ0n) is 17.7. The van der Waals surface area contributed by atoms with Gasteiger partial charge in [-0.05, 0) is 50.9 Å². The molecule has 0 aromatic carbocycles. The van der Waals surface area contributed by atoms with Crippen LogP contribution in [0.2, 0.25) is 0 Å². The highest BCUT2D eigenvalue weighted by molar-refractivity contribution is 14.0. The number of hydrogen-bond donors (Lipinski definition) is 2. The smallest absolute Gasteiger partial charge is 0.225 e. The molecule has 162 valence electrons. The van der Waals surface area contributed by atoms with E-state index in [-0.39, 0.29) is 29.9 Å². The van der Waals surface area contributed by atoms with E-state index in [1.54, 1.807) is 0 Å². The number of likely N-dealkylation sites (tertiary alicyclic amines) is 1. The number of carbonyl (C=O) groups is 1. The average Bonchev–Trinajstić information content (AvgIpc) is 3.32. The maximum atomic E-state index is 12.7. The van der Waals surface area contributed by atoms with Crippen LogP contribution in [0.25, 0.3) is 0 Å². The summed E-state index contributed by atoms with van der Waals surface area (Å²) < 4.78 is 5.52. The lowest BCUT2D eigenvalue weighted by Gasteiger charge is -2.26. The van der Waals surface area contributed by atoms with Crippen molar-refractivity contribution < 1.29 is 9.53 Å². The average molecular weight is 506 g/mol. The number of ether oxygens (including phenoxy) is 1. The molecular weight excluding hydrogens is 467 g/mol. The van der Waals surface area contributed by atoms with E-state index in [1.165, 1.54) is 32.1 Å². The van der Waals surface area contributed by atoms with Gasteiger partial charge in [0.2, 0.25) is 5.91 Å². The van der Waals surface area contributed by atoms with Crippen molar-refractivity contribution in [2.75, 3.05) is 39.9 Å². The number of carbonyl (C=O) groups excluding carboxylic acids is 1. The Morgan fingerprint density at radius 3 is 2.61 bits per heavy atom. The van der Waals surface area contributed by atoms with Gasteiger partial charge in [-0.1, -0.05) is 19.3 Å². The number of guanidine groups is 1. The van der Waals surface area contributed by atoms with Gasteiger partial charge in [0.15, 0.2) is 5.96 Å². The van der Waals surface area contributed by atoms with Gasteiger partial charge in [0.25, 0.3) is 0 Å². The van der Waals surface area contributed by atoms with Crippen LogP contribution in [0.3, 0.4) is 0 Å². The Kier molecular flexibility index (Phi) is 9.80. The van der Waals surface area contributed by atoms with E-state index in [4.69, 9.17) is 4.74 Å². The molecule has 0 aromatic heterocycles. The van der Waals surface area contributed by atoms with Gasteiger partial charge in [-0.2, -0.15) is 0 Å². The Balaban J connectivity index is 0.00000280. The molecular formula is C21H39IN4O2. The summed E-state index contributed by atoms with van der Waals surface area (Å²) in [6, 6.07) is 0.308. The van der Waals surface area contributed by atoms with Crippen molar-refractivity contribution in [1.29, 1.82) is 0 Å². The van der Waals surface area contributed by atoms with Crippen LogP contribution in [0.5, 0.6) is 0 Å². The van der Waals surface area contributed by atoms with Gasteiger partial charge < -0.3 is 20.3 Å². The first-order chi connectivity index (χ1) is 13.2. The van der Waals surface area contributed by atoms with E-state index in [2.05, 4.69) is 20.5 Å². The van der Waals surface area contributed by atoms with Crippen molar-refractivity contribution in [1.82, 2.24) is 15.5 Å². The van der Waals surface area contributed by atoms with Gasteiger partial charge >= 0.3 is 0 Å². The molecule has 28 heavy (non-hydrogen) atoms. The third-order valence-corrected chi connectivity index (χ3v) is 6.59. The van der Waals surface area contributed by atoms with Crippen molar-refractivity contribution in [3.63, 3.8) is 0 Å². The molecule has 1 aliphatic heterocycles. The number of nitrogens with zero attached hydrogens (tertiary/aromatic N) is 2. The molecule has 1 heterocycles. The first kappa shape index (κ1) is 23.7. The Morgan fingerprint density at radius 1 is 1.21 bits per heavy atom. The van der Waals surface area contributed by atoms with Crippen LogP contribution < -0.4 is 10.6 Å². The molecule has 0 spiro atoms. The third kappa shape index (κ3) is 6.75. The highest BCUT2D eigenvalue weighted by Crippen LogP contribution is 2.48. The molecule has 0 radical (unpaired) electrons. The first-order valence-corrected chi connectivity index (χ1v) is 11.0. The Labute approximate surface area is 187 Å². The molecule has 0 bridgehead atoms. The van der Waals surface area contributed by atoms with Gasteiger partial charge in [-0.3, -0.25) is 9.79 Å². The highest BCUT2D eigenvalue weighted by atomic mass is 127. The van der Waals surface area contributed by atoms with Crippen LogP contribution in [-0.4, -0.2) is 62.7 Å². The lowest BCUT2D eigenvalue weighted by atomic mass is 9.88. The van der Waals surface area contributed by atoms with Crippen LogP contribution in [0, 0.1) is 11.3 Å². The summed E-state index contributed by atoms with van der Waals surface area (Å²) in [5, 5.41) is 7.05. The molecule has 6 nitrogen and oxygen atoms in total. The molecule has 2 aliphatic carbocycles. The van der Waals surface area contributed by atoms with Crippen LogP contribution in [-0.2, 0) is 9.53 Å². The quantitative estimate of drug-likeness (QED) is 0.230. The minimum absolute atomic E-state index is 0. The normalized spacial score (nSPS) is 24.6. The summed E-state index contributed by atoms with van der Waals surface area (Å²) in [7, 11) is 1.83. The van der Waals surface area contributed by atoms with Gasteiger partial charge in [-0.15, -0.1) is 24.0 Å². The molecule has 3 aliphatic rings. The zero-order valence-corrected chi connectivity index (χ0v) is 20.0. The zero-order chi connectivity index (χ0) is 19.1. The summed E-state index contributed by atoms with van der Waals surface area (Å²) in [6.45, 7) is 6.34. The molecule has 2 saturated carbocycles. The molecule has 1 unspecified atom stereocenters. The molecule has 7 heteroatoms. The molecule has 1 atom stereocenters. The predicted molar refractivity (Wildman–Crippen MR) is 124 cm³/mol. The Hall–Kier alpha value is -0.570. The van der Waals surface area contributed by atoms with Gasteiger partial charge in [0.05, 0.1) is 0 Å². The van der Waals surface area contributed by atoms with E-state index in [9.17, 15) is 4.79 Å². The maximum Gasteiger partial charge on any atom is 0.225 e. The fourth-order valence-corrected chi connectivity index (χ4v) is 4.47. The van der Waals surface area contributed by atoms with Crippen LogP contribution in [0.1, 0.15) is 64.7 Å². The summed E-state index contributed by atoms with van der Waals surface area (Å²) in [5.74, 6) is 1.53. The van der Waals surface area contributed by atoms with E-state index in [0.717, 1.165) is 64.5 Å². The summed E-state index contributed by atoms with van der Waals surface area (Å²) in [5.41, 5.74) is 0.394. The number of hydrogen-bond acceptors (Lipinski definition) is 3. The number of nitrogens with one attached hydrogen (secondary N) is 2. The fourth-order valence-electron chi connectivity index (χ4n) is 4.47. The summed E-state index contributed by atoms with van der Waals surface area (Å²) >= 11 is 0. The minimum Gasteiger partial charge on any atom is -0.382 e. The van der Waals surface area contributed by atoms with E-state index in [1.807, 2.05) is 14.0 Å². The fraction of sp³-hybridized carbons (Fsp3) is 0.905. The second kappa shape index (κ2) is 11.6. The van der Waals surface area contributed by atoms with Crippen LogP contribution in [0.4, 0.5) is 0 Å². The van der Waals surface area contributed by atoms with Crippen molar-refractivity contribution in [3.05, 3.63) is 0 Å². The second-order valence-corrected chi connectivity index (χ2v) is 8.62. The topological polar surface area (TPSA) is 66.0 Å². The van der Waals surface area contributed by atoms with Gasteiger partial charge in [-0.25, -0.2) is 0 Å². The summed E-state index contributed by atoms with van der Waals surface area (Å²) in [6.07, 6.45) is 10.6. The Bertz CT molecular complexity index is 519. The molecule has 3 rings (SSSR count). The Morgan fingerprint density at radius 2 is 1.96 bits per heavy atom. The summed E-state index contributed by atoms with van der Waals surface area (Å²) in [4.78, 5) is 19.2. The van der Waals surface area contributed by atoms with Gasteiger partial charge in [0, 0.05) is 51.9 Å². The maximum absolute atomic E-state index is 12.7. The lowest BCUT2D eigenvalue weighted by molar-refractivity contribution is -0.135. The SMILES string of the molecule is CCOCCC1(CNC(=NC)NC2CCN(C(=O)C3CCCCC3)C2)CC1.I. The molecule has 1 amide bonds. The van der Waals surface area contributed by atoms with Crippen molar-refractivity contribution in [2.24, 2.45) is 16.3 Å². The standard InChI is InChI=1S/C21H38N4O2.HI/c1-3-27-14-12-21(10-11-21)16-23-20(22-2)24-18-9-13-25(15-18)19(26)17-7-5-4-6-8-17;/h17-18H,3-16H2,1-2H3,(H2,22,23,24);1H. The number of rotatable bonds is 8. The van der Waals surface area contributed by atoms with Crippen LogP contribution >= 0.6 is 24.0 Å². The third-order valence-electron chi connectivity index (χ3n) is 6.59. The second-order valence-electron chi connectivity index (χ2n) is 8.62. The molecule has 1 saturated heterocycles. The van der Waals surface area contributed by atoms with E-state index >= 15 is 0 Å². The van der Waals surface area contributed by atoms with Crippen molar-refractivity contribution >= 4 is 35.8 Å². The van der Waals surface area contributed by atoms with Gasteiger partial charge in [0.1, 0.15) is 0 Å². The first-order valence-electron chi connectivity index (χ1n) is 11.0. The van der Waals surface area contributed by atoms with E-state index in [0.29, 0.717) is 17.4 Å².